The molecule has 26 heavy (non-hydrogen) atoms. The van der Waals surface area contributed by atoms with Crippen molar-refractivity contribution in [2.24, 2.45) is 0 Å². The number of carbonyl (C=O) groups is 1. The molecule has 3 aromatic rings. The van der Waals surface area contributed by atoms with E-state index < -0.39 is 21.7 Å². The van der Waals surface area contributed by atoms with E-state index in [2.05, 4.69) is 9.71 Å². The molecule has 7 nitrogen and oxygen atoms in total. The number of aromatic hydroxyl groups is 1. The third-order valence-electron chi connectivity index (χ3n) is 3.64. The van der Waals surface area contributed by atoms with Gasteiger partial charge in [0.05, 0.1) is 10.6 Å². The van der Waals surface area contributed by atoms with Crippen LogP contribution in [0.3, 0.4) is 0 Å². The normalized spacial score (nSPS) is 11.1. The first-order valence-electron chi connectivity index (χ1n) is 7.46. The summed E-state index contributed by atoms with van der Waals surface area (Å²) in [6.07, 6.45) is 3.23. The predicted octanol–water partition coefficient (Wildman–Crippen LogP) is 2.95. The number of pyridine rings is 1. The molecule has 0 saturated carbocycles. The minimum absolute atomic E-state index is 0.0358. The number of anilines is 1. The van der Waals surface area contributed by atoms with Crippen LogP contribution in [0.25, 0.3) is 11.1 Å². The van der Waals surface area contributed by atoms with Gasteiger partial charge in [-0.2, -0.15) is 0 Å². The minimum Gasteiger partial charge on any atom is -0.507 e. The number of hydrogen-bond donors (Lipinski definition) is 3. The van der Waals surface area contributed by atoms with Crippen molar-refractivity contribution in [2.45, 2.75) is 4.90 Å². The molecule has 0 atom stereocenters. The van der Waals surface area contributed by atoms with E-state index >= 15 is 0 Å². The number of benzene rings is 2. The third-order valence-corrected chi connectivity index (χ3v) is 5.02. The van der Waals surface area contributed by atoms with Crippen LogP contribution in [0.5, 0.6) is 5.75 Å². The van der Waals surface area contributed by atoms with Crippen molar-refractivity contribution < 1.29 is 23.4 Å². The SMILES string of the molecule is O=C(O)c1ccc(NS(=O)(=O)c2cccc(-c3ccncc3)c2)cc1O. The van der Waals surface area contributed by atoms with Crippen LogP contribution in [-0.2, 0) is 10.0 Å². The minimum atomic E-state index is -3.92. The molecule has 0 unspecified atom stereocenters. The molecule has 0 radical (unpaired) electrons. The van der Waals surface area contributed by atoms with E-state index in [0.717, 1.165) is 17.7 Å². The summed E-state index contributed by atoms with van der Waals surface area (Å²) in [5, 5.41) is 18.6. The van der Waals surface area contributed by atoms with Gasteiger partial charge < -0.3 is 10.2 Å². The van der Waals surface area contributed by atoms with Crippen LogP contribution in [0.15, 0.2) is 71.9 Å². The molecule has 0 saturated heterocycles. The van der Waals surface area contributed by atoms with Crippen molar-refractivity contribution in [1.82, 2.24) is 4.98 Å². The number of nitrogens with zero attached hydrogens (tertiary/aromatic N) is 1. The lowest BCUT2D eigenvalue weighted by Crippen LogP contribution is -2.13. The van der Waals surface area contributed by atoms with Gasteiger partial charge >= 0.3 is 5.97 Å². The first kappa shape index (κ1) is 17.4. The maximum atomic E-state index is 12.6. The molecule has 0 aliphatic carbocycles. The Morgan fingerprint density at radius 2 is 1.69 bits per heavy atom. The lowest BCUT2D eigenvalue weighted by atomic mass is 10.1. The second-order valence-electron chi connectivity index (χ2n) is 5.41. The summed E-state index contributed by atoms with van der Waals surface area (Å²) in [4.78, 5) is 14.9. The van der Waals surface area contributed by atoms with E-state index in [0.29, 0.717) is 5.56 Å². The van der Waals surface area contributed by atoms with Gasteiger partial charge in [0.2, 0.25) is 0 Å². The number of aromatic nitrogens is 1. The molecule has 0 bridgehead atoms. The highest BCUT2D eigenvalue weighted by Gasteiger charge is 2.17. The van der Waals surface area contributed by atoms with Gasteiger partial charge in [0.15, 0.2) is 0 Å². The van der Waals surface area contributed by atoms with Gasteiger partial charge in [-0.3, -0.25) is 9.71 Å². The molecular formula is C18H14N2O5S. The van der Waals surface area contributed by atoms with Gasteiger partial charge in [0.1, 0.15) is 11.3 Å². The smallest absolute Gasteiger partial charge is 0.339 e. The van der Waals surface area contributed by atoms with Crippen molar-refractivity contribution in [3.8, 4) is 16.9 Å². The fraction of sp³-hybridized carbons (Fsp3) is 0. The van der Waals surface area contributed by atoms with Gasteiger partial charge in [-0.15, -0.1) is 0 Å². The lowest BCUT2D eigenvalue weighted by Gasteiger charge is -2.10. The largest absolute Gasteiger partial charge is 0.507 e. The third kappa shape index (κ3) is 3.65. The molecule has 2 aromatic carbocycles. The van der Waals surface area contributed by atoms with Gasteiger partial charge in [-0.25, -0.2) is 13.2 Å². The molecule has 0 fully saturated rings. The Morgan fingerprint density at radius 1 is 0.962 bits per heavy atom. The molecule has 0 spiro atoms. The summed E-state index contributed by atoms with van der Waals surface area (Å²) in [6.45, 7) is 0. The Hall–Kier alpha value is -3.39. The van der Waals surface area contributed by atoms with Crippen molar-refractivity contribution >= 4 is 21.7 Å². The van der Waals surface area contributed by atoms with E-state index in [1.807, 2.05) is 0 Å². The number of phenols is 1. The molecule has 1 aromatic heterocycles. The number of carboxylic acid groups (broad SMARTS) is 1. The van der Waals surface area contributed by atoms with Crippen molar-refractivity contribution in [3.05, 3.63) is 72.6 Å². The standard InChI is InChI=1S/C18H14N2O5S/c21-17-11-14(4-5-16(17)18(22)23)20-26(24,25)15-3-1-2-13(10-15)12-6-8-19-9-7-12/h1-11,20-21H,(H,22,23). The van der Waals surface area contributed by atoms with Crippen LogP contribution in [0.2, 0.25) is 0 Å². The Labute approximate surface area is 149 Å². The molecule has 3 N–H and O–H groups in total. The lowest BCUT2D eigenvalue weighted by molar-refractivity contribution is 0.0694. The van der Waals surface area contributed by atoms with Crippen LogP contribution in [-0.4, -0.2) is 29.6 Å². The summed E-state index contributed by atoms with van der Waals surface area (Å²) in [5.74, 6) is -1.83. The quantitative estimate of drug-likeness (QED) is 0.636. The first-order chi connectivity index (χ1) is 12.4. The van der Waals surface area contributed by atoms with Gasteiger partial charge in [0.25, 0.3) is 10.0 Å². The average Bonchev–Trinajstić information content (AvgIpc) is 2.62. The number of rotatable bonds is 5. The van der Waals surface area contributed by atoms with E-state index in [-0.39, 0.29) is 16.1 Å². The van der Waals surface area contributed by atoms with Crippen LogP contribution in [0, 0.1) is 0 Å². The topological polar surface area (TPSA) is 117 Å². The number of hydrogen-bond acceptors (Lipinski definition) is 5. The molecule has 0 amide bonds. The highest BCUT2D eigenvalue weighted by Crippen LogP contribution is 2.26. The maximum absolute atomic E-state index is 12.6. The van der Waals surface area contributed by atoms with Crippen LogP contribution in [0.4, 0.5) is 5.69 Å². The molecule has 132 valence electrons. The van der Waals surface area contributed by atoms with E-state index in [9.17, 15) is 18.3 Å². The van der Waals surface area contributed by atoms with Crippen LogP contribution in [0.1, 0.15) is 10.4 Å². The van der Waals surface area contributed by atoms with E-state index in [4.69, 9.17) is 5.11 Å². The Morgan fingerprint density at radius 3 is 2.35 bits per heavy atom. The average molecular weight is 370 g/mol. The molecule has 3 rings (SSSR count). The fourth-order valence-corrected chi connectivity index (χ4v) is 3.47. The molecule has 1 heterocycles. The summed E-state index contributed by atoms with van der Waals surface area (Å²) in [7, 11) is -3.92. The summed E-state index contributed by atoms with van der Waals surface area (Å²) >= 11 is 0. The van der Waals surface area contributed by atoms with Crippen molar-refractivity contribution in [3.63, 3.8) is 0 Å². The van der Waals surface area contributed by atoms with Gasteiger partial charge in [-0.05, 0) is 47.5 Å². The van der Waals surface area contributed by atoms with E-state index in [1.54, 1.807) is 36.7 Å². The van der Waals surface area contributed by atoms with Crippen molar-refractivity contribution in [2.75, 3.05) is 4.72 Å². The number of carboxylic acids is 1. The number of aromatic carboxylic acids is 1. The fourth-order valence-electron chi connectivity index (χ4n) is 2.38. The van der Waals surface area contributed by atoms with E-state index in [1.165, 1.54) is 18.2 Å². The molecule has 0 aliphatic rings. The molecule has 0 aliphatic heterocycles. The number of sulfonamides is 1. The number of nitrogens with one attached hydrogen (secondary N) is 1. The Bertz CT molecular complexity index is 1070. The predicted molar refractivity (Wildman–Crippen MR) is 95.5 cm³/mol. The highest BCUT2D eigenvalue weighted by molar-refractivity contribution is 7.92. The van der Waals surface area contributed by atoms with Gasteiger partial charge in [0, 0.05) is 18.5 Å². The second-order valence-corrected chi connectivity index (χ2v) is 7.09. The first-order valence-corrected chi connectivity index (χ1v) is 8.95. The van der Waals surface area contributed by atoms with Crippen LogP contribution >= 0.6 is 0 Å². The maximum Gasteiger partial charge on any atom is 0.339 e. The van der Waals surface area contributed by atoms with Crippen molar-refractivity contribution in [1.29, 1.82) is 0 Å². The Kier molecular flexibility index (Phi) is 4.59. The van der Waals surface area contributed by atoms with Gasteiger partial charge in [-0.1, -0.05) is 12.1 Å². The zero-order valence-electron chi connectivity index (χ0n) is 13.3. The summed E-state index contributed by atoms with van der Waals surface area (Å²) in [6, 6.07) is 13.3. The zero-order valence-corrected chi connectivity index (χ0v) is 14.1. The summed E-state index contributed by atoms with van der Waals surface area (Å²) in [5.41, 5.74) is 1.27. The Balaban J connectivity index is 1.92. The molecular weight excluding hydrogens is 356 g/mol. The zero-order chi connectivity index (χ0) is 18.7. The molecule has 8 heteroatoms. The highest BCUT2D eigenvalue weighted by atomic mass is 32.2. The van der Waals surface area contributed by atoms with Crippen LogP contribution < -0.4 is 4.72 Å². The summed E-state index contributed by atoms with van der Waals surface area (Å²) < 4.78 is 27.5. The second kappa shape index (κ2) is 6.85. The monoisotopic (exact) mass is 370 g/mol.